The molecule has 0 bridgehead atoms. The summed E-state index contributed by atoms with van der Waals surface area (Å²) in [6, 6.07) is 4.13. The van der Waals surface area contributed by atoms with Crippen molar-refractivity contribution in [2.75, 3.05) is 31.1 Å². The monoisotopic (exact) mass is 312 g/mol. The fourth-order valence-electron chi connectivity index (χ4n) is 2.19. The Bertz CT molecular complexity index is 566. The molecule has 0 spiro atoms. The third-order valence-corrected chi connectivity index (χ3v) is 5.36. The van der Waals surface area contributed by atoms with Crippen LogP contribution in [0.4, 0.5) is 0 Å². The van der Waals surface area contributed by atoms with Crippen LogP contribution in [0.1, 0.15) is 0 Å². The van der Waals surface area contributed by atoms with E-state index in [9.17, 15) is 0 Å². The number of nitrogens with one attached hydrogen (secondary N) is 1. The summed E-state index contributed by atoms with van der Waals surface area (Å²) < 4.78 is 2.83. The second-order valence-electron chi connectivity index (χ2n) is 4.44. The summed E-state index contributed by atoms with van der Waals surface area (Å²) in [6.45, 7) is 4.33. The van der Waals surface area contributed by atoms with Crippen molar-refractivity contribution >= 4 is 35.3 Å². The molecule has 2 aromatic heterocycles. The lowest BCUT2D eigenvalue weighted by atomic mass is 10.4. The molecular formula is C12H16N4S3. The van der Waals surface area contributed by atoms with Gasteiger partial charge in [0.25, 0.3) is 0 Å². The van der Waals surface area contributed by atoms with Crippen molar-refractivity contribution in [3.05, 3.63) is 22.3 Å². The predicted octanol–water partition coefficient (Wildman–Crippen LogP) is 2.72. The molecule has 1 fully saturated rings. The average molecular weight is 312 g/mol. The zero-order chi connectivity index (χ0) is 13.1. The van der Waals surface area contributed by atoms with E-state index < -0.39 is 0 Å². The zero-order valence-corrected chi connectivity index (χ0v) is 13.0. The SMILES string of the molecule is S=c1[nH]nc(-c2cccs2)n1CCN1CCSCC1. The minimum Gasteiger partial charge on any atom is -0.300 e. The van der Waals surface area contributed by atoms with Crippen molar-refractivity contribution in [3.63, 3.8) is 0 Å². The summed E-state index contributed by atoms with van der Waals surface area (Å²) >= 11 is 9.08. The lowest BCUT2D eigenvalue weighted by Gasteiger charge is -2.26. The van der Waals surface area contributed by atoms with Crippen LogP contribution in [0.15, 0.2) is 17.5 Å². The quantitative estimate of drug-likeness (QED) is 0.881. The zero-order valence-electron chi connectivity index (χ0n) is 10.5. The van der Waals surface area contributed by atoms with Crippen LogP contribution in [0.3, 0.4) is 0 Å². The van der Waals surface area contributed by atoms with Crippen LogP contribution in [0.5, 0.6) is 0 Å². The third kappa shape index (κ3) is 3.10. The number of nitrogens with zero attached hydrogens (tertiary/aromatic N) is 3. The van der Waals surface area contributed by atoms with Gasteiger partial charge in [0.15, 0.2) is 10.6 Å². The molecule has 0 atom stereocenters. The molecule has 0 saturated carbocycles. The minimum absolute atomic E-state index is 0.717. The minimum atomic E-state index is 0.717. The summed E-state index contributed by atoms with van der Waals surface area (Å²) in [6.07, 6.45) is 0. The molecule has 19 heavy (non-hydrogen) atoms. The molecule has 1 N–H and O–H groups in total. The van der Waals surface area contributed by atoms with Crippen molar-refractivity contribution in [1.29, 1.82) is 0 Å². The molecule has 0 aromatic carbocycles. The van der Waals surface area contributed by atoms with Crippen molar-refractivity contribution in [3.8, 4) is 10.7 Å². The fraction of sp³-hybridized carbons (Fsp3) is 0.500. The van der Waals surface area contributed by atoms with Gasteiger partial charge < -0.3 is 0 Å². The Morgan fingerprint density at radius 2 is 2.16 bits per heavy atom. The Morgan fingerprint density at radius 3 is 2.89 bits per heavy atom. The van der Waals surface area contributed by atoms with Crippen LogP contribution in [-0.2, 0) is 6.54 Å². The van der Waals surface area contributed by atoms with Crippen LogP contribution in [0.25, 0.3) is 10.7 Å². The van der Waals surface area contributed by atoms with Gasteiger partial charge in [0.2, 0.25) is 0 Å². The van der Waals surface area contributed by atoms with Crippen LogP contribution < -0.4 is 0 Å². The number of thiophene rings is 1. The summed E-state index contributed by atoms with van der Waals surface area (Å²) in [5.41, 5.74) is 0. The Hall–Kier alpha value is -0.630. The molecule has 0 unspecified atom stereocenters. The normalized spacial score (nSPS) is 16.8. The van der Waals surface area contributed by atoms with Crippen molar-refractivity contribution < 1.29 is 0 Å². The van der Waals surface area contributed by atoms with Gasteiger partial charge in [-0.25, -0.2) is 0 Å². The fourth-order valence-corrected chi connectivity index (χ4v) is 4.11. The first-order valence-corrected chi connectivity index (χ1v) is 8.78. The maximum atomic E-state index is 5.34. The van der Waals surface area contributed by atoms with E-state index >= 15 is 0 Å². The maximum absolute atomic E-state index is 5.34. The Labute approximate surface area is 125 Å². The number of hydrogen-bond donors (Lipinski definition) is 1. The van der Waals surface area contributed by atoms with Gasteiger partial charge in [0, 0.05) is 37.7 Å². The summed E-state index contributed by atoms with van der Waals surface area (Å²) in [4.78, 5) is 3.67. The van der Waals surface area contributed by atoms with Crippen LogP contribution in [0, 0.1) is 4.77 Å². The number of H-pyrrole nitrogens is 1. The van der Waals surface area contributed by atoms with Crippen LogP contribution in [-0.4, -0.2) is 50.8 Å². The smallest absolute Gasteiger partial charge is 0.195 e. The van der Waals surface area contributed by atoms with Gasteiger partial charge in [-0.15, -0.1) is 11.3 Å². The van der Waals surface area contributed by atoms with Gasteiger partial charge in [-0.2, -0.15) is 16.9 Å². The second-order valence-corrected chi connectivity index (χ2v) is 6.99. The molecule has 7 heteroatoms. The van der Waals surface area contributed by atoms with Crippen LogP contribution in [0.2, 0.25) is 0 Å². The van der Waals surface area contributed by atoms with Gasteiger partial charge in [0.05, 0.1) is 4.88 Å². The largest absolute Gasteiger partial charge is 0.300 e. The number of thioether (sulfide) groups is 1. The highest BCUT2D eigenvalue weighted by atomic mass is 32.2. The molecule has 0 radical (unpaired) electrons. The molecule has 1 aliphatic heterocycles. The van der Waals surface area contributed by atoms with E-state index in [-0.39, 0.29) is 0 Å². The van der Waals surface area contributed by atoms with E-state index in [0.717, 1.165) is 23.7 Å². The molecule has 3 heterocycles. The van der Waals surface area contributed by atoms with Gasteiger partial charge in [-0.3, -0.25) is 14.6 Å². The molecule has 4 nitrogen and oxygen atoms in total. The Balaban J connectivity index is 1.73. The molecular weight excluding hydrogens is 296 g/mol. The van der Waals surface area contributed by atoms with Gasteiger partial charge in [-0.1, -0.05) is 6.07 Å². The van der Waals surface area contributed by atoms with E-state index in [1.165, 1.54) is 29.5 Å². The number of hydrogen-bond acceptors (Lipinski definition) is 5. The summed E-state index contributed by atoms with van der Waals surface area (Å²) in [7, 11) is 0. The number of aromatic nitrogens is 3. The maximum Gasteiger partial charge on any atom is 0.195 e. The van der Waals surface area contributed by atoms with Crippen molar-refractivity contribution in [2.45, 2.75) is 6.54 Å². The molecule has 1 aliphatic rings. The molecule has 0 aliphatic carbocycles. The highest BCUT2D eigenvalue weighted by Gasteiger charge is 2.13. The first-order valence-electron chi connectivity index (χ1n) is 6.34. The van der Waals surface area contributed by atoms with Crippen molar-refractivity contribution in [1.82, 2.24) is 19.7 Å². The Kier molecular flexibility index (Phi) is 4.37. The second kappa shape index (κ2) is 6.21. The first-order chi connectivity index (χ1) is 9.34. The average Bonchev–Trinajstić information content (AvgIpc) is 3.07. The lowest BCUT2D eigenvalue weighted by Crippen LogP contribution is -2.35. The van der Waals surface area contributed by atoms with Crippen LogP contribution >= 0.6 is 35.3 Å². The highest BCUT2D eigenvalue weighted by Crippen LogP contribution is 2.22. The van der Waals surface area contributed by atoms with Gasteiger partial charge in [-0.05, 0) is 23.7 Å². The molecule has 102 valence electrons. The predicted molar refractivity (Wildman–Crippen MR) is 84.5 cm³/mol. The number of aromatic amines is 1. The molecule has 2 aromatic rings. The van der Waals surface area contributed by atoms with E-state index in [1.807, 2.05) is 17.8 Å². The van der Waals surface area contributed by atoms with E-state index in [4.69, 9.17) is 12.2 Å². The third-order valence-electron chi connectivity index (χ3n) is 3.24. The van der Waals surface area contributed by atoms with Gasteiger partial charge in [0.1, 0.15) is 0 Å². The summed E-state index contributed by atoms with van der Waals surface area (Å²) in [5.74, 6) is 3.45. The van der Waals surface area contributed by atoms with Gasteiger partial charge >= 0.3 is 0 Å². The topological polar surface area (TPSA) is 36.9 Å². The summed E-state index contributed by atoms with van der Waals surface area (Å²) in [5, 5.41) is 9.34. The van der Waals surface area contributed by atoms with E-state index in [1.54, 1.807) is 11.3 Å². The van der Waals surface area contributed by atoms with E-state index in [0.29, 0.717) is 0 Å². The lowest BCUT2D eigenvalue weighted by molar-refractivity contribution is 0.289. The number of rotatable bonds is 4. The standard InChI is InChI=1S/C12H16N4S3/c17-12-14-13-11(10-2-1-7-19-10)16(12)4-3-15-5-8-18-9-6-15/h1-2,7H,3-6,8-9H2,(H,14,17). The molecule has 0 amide bonds. The Morgan fingerprint density at radius 1 is 1.32 bits per heavy atom. The highest BCUT2D eigenvalue weighted by molar-refractivity contribution is 7.99. The van der Waals surface area contributed by atoms with E-state index in [2.05, 4.69) is 31.1 Å². The van der Waals surface area contributed by atoms with Crippen molar-refractivity contribution in [2.24, 2.45) is 0 Å². The molecule has 3 rings (SSSR count). The molecule has 1 saturated heterocycles. The first kappa shape index (κ1) is 13.4.